The number of nitrogens with zero attached hydrogens (tertiary/aromatic N) is 4. The number of hydrogen-bond acceptors (Lipinski definition) is 4. The number of nitrogens with one attached hydrogen (secondary N) is 1. The lowest BCUT2D eigenvalue weighted by Crippen LogP contribution is -2.26. The molecule has 0 atom stereocenters. The van der Waals surface area contributed by atoms with Crippen molar-refractivity contribution in [1.82, 2.24) is 24.9 Å². The fourth-order valence-electron chi connectivity index (χ4n) is 2.75. The first kappa shape index (κ1) is 13.8. The minimum Gasteiger partial charge on any atom is -0.476 e. The van der Waals surface area contributed by atoms with Crippen molar-refractivity contribution < 1.29 is 9.53 Å². The summed E-state index contributed by atoms with van der Waals surface area (Å²) in [6, 6.07) is 9.78. The second-order valence-corrected chi connectivity index (χ2v) is 5.48. The van der Waals surface area contributed by atoms with Gasteiger partial charge in [-0.2, -0.15) is 10.2 Å². The van der Waals surface area contributed by atoms with E-state index in [4.69, 9.17) is 4.74 Å². The molecule has 0 spiro atoms. The van der Waals surface area contributed by atoms with Gasteiger partial charge in [-0.25, -0.2) is 4.68 Å². The third kappa shape index (κ3) is 2.65. The second-order valence-electron chi connectivity index (χ2n) is 5.48. The number of hydrogen-bond donors (Lipinski definition) is 1. The van der Waals surface area contributed by atoms with Crippen LogP contribution < -0.4 is 10.1 Å². The van der Waals surface area contributed by atoms with Gasteiger partial charge >= 0.3 is 0 Å². The van der Waals surface area contributed by atoms with Crippen LogP contribution in [0.5, 0.6) is 5.88 Å². The van der Waals surface area contributed by atoms with E-state index in [1.807, 2.05) is 35.1 Å². The molecule has 0 bridgehead atoms. The van der Waals surface area contributed by atoms with Crippen molar-refractivity contribution in [3.8, 4) is 5.88 Å². The van der Waals surface area contributed by atoms with Gasteiger partial charge in [0, 0.05) is 24.5 Å². The number of benzene rings is 1. The first-order chi connectivity index (χ1) is 11.3. The lowest BCUT2D eigenvalue weighted by Gasteiger charge is -2.05. The molecule has 0 aliphatic carbocycles. The van der Waals surface area contributed by atoms with Crippen LogP contribution in [0.25, 0.3) is 10.9 Å². The molecule has 1 N–H and O–H groups in total. The van der Waals surface area contributed by atoms with Gasteiger partial charge in [-0.15, -0.1) is 0 Å². The Kier molecular flexibility index (Phi) is 3.45. The summed E-state index contributed by atoms with van der Waals surface area (Å²) in [5.41, 5.74) is 1.52. The molecule has 23 heavy (non-hydrogen) atoms. The first-order valence-corrected chi connectivity index (χ1v) is 7.71. The Balaban J connectivity index is 1.30. The molecule has 2 aromatic heterocycles. The molecule has 0 unspecified atom stereocenters. The van der Waals surface area contributed by atoms with Crippen LogP contribution in [0.15, 0.2) is 36.5 Å². The highest BCUT2D eigenvalue weighted by Crippen LogP contribution is 2.18. The van der Waals surface area contributed by atoms with Crippen LogP contribution in [-0.4, -0.2) is 38.6 Å². The predicted octanol–water partition coefficient (Wildman–Crippen LogP) is 1.45. The van der Waals surface area contributed by atoms with Crippen molar-refractivity contribution in [2.45, 2.75) is 19.5 Å². The lowest BCUT2D eigenvalue weighted by molar-refractivity contribution is 0.0946. The maximum atomic E-state index is 12.1. The maximum Gasteiger partial charge on any atom is 0.271 e. The van der Waals surface area contributed by atoms with E-state index in [0.29, 0.717) is 31.3 Å². The summed E-state index contributed by atoms with van der Waals surface area (Å²) in [7, 11) is 0. The average molecular weight is 311 g/mol. The Labute approximate surface area is 132 Å². The quantitative estimate of drug-likeness (QED) is 0.724. The average Bonchev–Trinajstić information content (AvgIpc) is 3.25. The van der Waals surface area contributed by atoms with E-state index in [1.165, 1.54) is 0 Å². The number of fused-ring (bicyclic) bond motifs is 2. The SMILES string of the molecule is O=C(NCCCn1ncc2ccccc21)c1cc2n(n1)CCO2. The summed E-state index contributed by atoms with van der Waals surface area (Å²) in [5.74, 6) is 0.499. The Morgan fingerprint density at radius 1 is 1.35 bits per heavy atom. The van der Waals surface area contributed by atoms with Crippen molar-refractivity contribution in [1.29, 1.82) is 0 Å². The van der Waals surface area contributed by atoms with Crippen LogP contribution in [0.3, 0.4) is 0 Å². The summed E-state index contributed by atoms with van der Waals surface area (Å²) >= 11 is 0. The number of amides is 1. The van der Waals surface area contributed by atoms with E-state index < -0.39 is 0 Å². The zero-order valence-electron chi connectivity index (χ0n) is 12.6. The van der Waals surface area contributed by atoms with Gasteiger partial charge in [-0.05, 0) is 12.5 Å². The van der Waals surface area contributed by atoms with E-state index in [-0.39, 0.29) is 5.91 Å². The molecule has 1 aromatic carbocycles. The number of aromatic nitrogens is 4. The van der Waals surface area contributed by atoms with Gasteiger partial charge in [0.05, 0.1) is 18.3 Å². The Hall–Kier alpha value is -2.83. The summed E-state index contributed by atoms with van der Waals surface area (Å²) in [6.07, 6.45) is 2.67. The van der Waals surface area contributed by atoms with Gasteiger partial charge in [0.2, 0.25) is 5.88 Å². The molecule has 3 aromatic rings. The van der Waals surface area contributed by atoms with Crippen LogP contribution in [-0.2, 0) is 13.1 Å². The van der Waals surface area contributed by atoms with Crippen LogP contribution in [0.2, 0.25) is 0 Å². The van der Waals surface area contributed by atoms with Gasteiger partial charge in [-0.1, -0.05) is 18.2 Å². The number of aryl methyl sites for hydroxylation is 1. The normalized spacial score (nSPS) is 13.0. The minimum absolute atomic E-state index is 0.166. The molecule has 4 rings (SSSR count). The molecule has 0 fully saturated rings. The highest BCUT2D eigenvalue weighted by molar-refractivity contribution is 5.92. The molecule has 0 saturated carbocycles. The molecule has 7 nitrogen and oxygen atoms in total. The van der Waals surface area contributed by atoms with E-state index in [9.17, 15) is 4.79 Å². The molecule has 118 valence electrons. The lowest BCUT2D eigenvalue weighted by atomic mass is 10.2. The molecule has 1 amide bonds. The van der Waals surface area contributed by atoms with Crippen molar-refractivity contribution >= 4 is 16.8 Å². The number of rotatable bonds is 5. The third-order valence-corrected chi connectivity index (χ3v) is 3.91. The van der Waals surface area contributed by atoms with Crippen molar-refractivity contribution in [2.24, 2.45) is 0 Å². The molecule has 7 heteroatoms. The molecular formula is C16H17N5O2. The minimum atomic E-state index is -0.166. The Bertz CT molecular complexity index is 830. The largest absolute Gasteiger partial charge is 0.476 e. The summed E-state index contributed by atoms with van der Waals surface area (Å²) in [4.78, 5) is 12.1. The molecule has 1 aliphatic heterocycles. The zero-order valence-corrected chi connectivity index (χ0v) is 12.6. The van der Waals surface area contributed by atoms with E-state index in [0.717, 1.165) is 23.9 Å². The van der Waals surface area contributed by atoms with Gasteiger partial charge < -0.3 is 10.1 Å². The number of carbonyl (C=O) groups excluding carboxylic acids is 1. The highest BCUT2D eigenvalue weighted by Gasteiger charge is 2.18. The summed E-state index contributed by atoms with van der Waals surface area (Å²) in [6.45, 7) is 2.67. The van der Waals surface area contributed by atoms with Gasteiger partial charge in [0.15, 0.2) is 5.69 Å². The molecule has 0 saturated heterocycles. The summed E-state index contributed by atoms with van der Waals surface area (Å²) in [5, 5.41) is 12.6. The molecule has 1 aliphatic rings. The van der Waals surface area contributed by atoms with E-state index in [1.54, 1.807) is 10.7 Å². The summed E-state index contributed by atoms with van der Waals surface area (Å²) < 4.78 is 9.03. The van der Waals surface area contributed by atoms with Crippen molar-refractivity contribution in [3.63, 3.8) is 0 Å². The van der Waals surface area contributed by atoms with E-state index in [2.05, 4.69) is 15.5 Å². The molecular weight excluding hydrogens is 294 g/mol. The smallest absolute Gasteiger partial charge is 0.271 e. The topological polar surface area (TPSA) is 74.0 Å². The van der Waals surface area contributed by atoms with Crippen molar-refractivity contribution in [3.05, 3.63) is 42.2 Å². The number of para-hydroxylation sites is 1. The Morgan fingerprint density at radius 2 is 2.26 bits per heavy atom. The Morgan fingerprint density at radius 3 is 3.17 bits per heavy atom. The van der Waals surface area contributed by atoms with Crippen LogP contribution >= 0.6 is 0 Å². The van der Waals surface area contributed by atoms with Crippen LogP contribution in [0.1, 0.15) is 16.9 Å². The fourth-order valence-corrected chi connectivity index (χ4v) is 2.75. The zero-order chi connectivity index (χ0) is 15.6. The van der Waals surface area contributed by atoms with Gasteiger partial charge in [0.25, 0.3) is 5.91 Å². The monoisotopic (exact) mass is 311 g/mol. The highest BCUT2D eigenvalue weighted by atomic mass is 16.5. The van der Waals surface area contributed by atoms with Crippen LogP contribution in [0, 0.1) is 0 Å². The van der Waals surface area contributed by atoms with Gasteiger partial charge in [-0.3, -0.25) is 9.48 Å². The standard InChI is InChI=1S/C16H17N5O2/c22-16(13-10-15-21(19-13)8-9-23-15)17-6-3-7-20-14-5-2-1-4-12(14)11-18-20/h1-2,4-5,10-11H,3,6-9H2,(H,17,22). The number of ether oxygens (including phenoxy) is 1. The fraction of sp³-hybridized carbons (Fsp3) is 0.312. The third-order valence-electron chi connectivity index (χ3n) is 3.91. The number of carbonyl (C=O) groups is 1. The molecule has 3 heterocycles. The first-order valence-electron chi connectivity index (χ1n) is 7.71. The van der Waals surface area contributed by atoms with E-state index >= 15 is 0 Å². The van der Waals surface area contributed by atoms with Crippen molar-refractivity contribution in [2.75, 3.05) is 13.2 Å². The predicted molar refractivity (Wildman–Crippen MR) is 84.4 cm³/mol. The van der Waals surface area contributed by atoms with Crippen LogP contribution in [0.4, 0.5) is 0 Å². The molecule has 0 radical (unpaired) electrons. The maximum absolute atomic E-state index is 12.1. The second kappa shape index (κ2) is 5.75. The van der Waals surface area contributed by atoms with Gasteiger partial charge in [0.1, 0.15) is 6.61 Å².